The summed E-state index contributed by atoms with van der Waals surface area (Å²) in [5.74, 6) is 0. The molecule has 0 unspecified atom stereocenters. The summed E-state index contributed by atoms with van der Waals surface area (Å²) < 4.78 is 0. The average Bonchev–Trinajstić information content (AvgIpc) is 2.56. The van der Waals surface area contributed by atoms with Gasteiger partial charge < -0.3 is 5.73 Å². The van der Waals surface area contributed by atoms with E-state index < -0.39 is 0 Å². The van der Waals surface area contributed by atoms with E-state index in [0.29, 0.717) is 11.4 Å². The number of rotatable bonds is 3. The van der Waals surface area contributed by atoms with Gasteiger partial charge in [0.2, 0.25) is 0 Å². The molecule has 0 spiro atoms. The van der Waals surface area contributed by atoms with E-state index in [0.717, 1.165) is 22.3 Å². The number of nitrogens with one attached hydrogen (secondary N) is 1. The maximum Gasteiger partial charge on any atom is 0.0690 e. The van der Waals surface area contributed by atoms with E-state index in [2.05, 4.69) is 18.2 Å². The highest BCUT2D eigenvalue weighted by atomic mass is 14.5. The summed E-state index contributed by atoms with van der Waals surface area (Å²) in [6.45, 7) is 0. The van der Waals surface area contributed by atoms with Crippen LogP contribution < -0.4 is 5.73 Å². The third-order valence-corrected chi connectivity index (χ3v) is 3.48. The molecule has 3 rings (SSSR count). The minimum Gasteiger partial charge on any atom is -0.399 e. The summed E-state index contributed by atoms with van der Waals surface area (Å²) in [5, 5.41) is 8.49. The molecule has 3 aromatic carbocycles. The summed E-state index contributed by atoms with van der Waals surface area (Å²) in [7, 11) is 0. The van der Waals surface area contributed by atoms with Gasteiger partial charge in [0.05, 0.1) is 5.71 Å². The van der Waals surface area contributed by atoms with Gasteiger partial charge in [-0.2, -0.15) is 0 Å². The van der Waals surface area contributed by atoms with E-state index in [1.165, 1.54) is 0 Å². The fraction of sp³-hybridized carbons (Fsp3) is 0. The Labute approximate surface area is 124 Å². The molecule has 0 aliphatic carbocycles. The Hall–Kier alpha value is -2.87. The molecule has 0 heterocycles. The van der Waals surface area contributed by atoms with Crippen LogP contribution in [0.3, 0.4) is 0 Å². The van der Waals surface area contributed by atoms with Crippen molar-refractivity contribution in [3.8, 4) is 11.1 Å². The molecule has 2 nitrogen and oxygen atoms in total. The predicted octanol–water partition coefficient (Wildman–Crippen LogP) is 4.35. The third-order valence-electron chi connectivity index (χ3n) is 3.48. The maximum atomic E-state index is 8.49. The van der Waals surface area contributed by atoms with Gasteiger partial charge >= 0.3 is 0 Å². The number of anilines is 1. The zero-order chi connectivity index (χ0) is 14.7. The Balaban J connectivity index is 2.07. The summed E-state index contributed by atoms with van der Waals surface area (Å²) in [6.07, 6.45) is 0. The second-order valence-electron chi connectivity index (χ2n) is 4.91. The van der Waals surface area contributed by atoms with Gasteiger partial charge in [0, 0.05) is 16.8 Å². The van der Waals surface area contributed by atoms with E-state index in [4.69, 9.17) is 11.1 Å². The first kappa shape index (κ1) is 13.1. The molecule has 0 saturated heterocycles. The minimum absolute atomic E-state index is 0.509. The molecule has 0 aromatic heterocycles. The first-order valence-electron chi connectivity index (χ1n) is 6.85. The molecule has 0 fully saturated rings. The van der Waals surface area contributed by atoms with Crippen LogP contribution >= 0.6 is 0 Å². The van der Waals surface area contributed by atoms with Crippen molar-refractivity contribution in [1.82, 2.24) is 0 Å². The zero-order valence-electron chi connectivity index (χ0n) is 11.6. The van der Waals surface area contributed by atoms with E-state index in [-0.39, 0.29) is 0 Å². The Bertz CT molecular complexity index is 759. The van der Waals surface area contributed by atoms with Gasteiger partial charge in [0.25, 0.3) is 0 Å². The molecule has 3 aromatic rings. The quantitative estimate of drug-likeness (QED) is 0.540. The number of nitrogen functional groups attached to an aromatic ring is 1. The molecule has 21 heavy (non-hydrogen) atoms. The molecule has 0 radical (unpaired) electrons. The fourth-order valence-electron chi connectivity index (χ4n) is 2.38. The molecule has 0 aliphatic heterocycles. The first-order valence-corrected chi connectivity index (χ1v) is 6.85. The summed E-state index contributed by atoms with van der Waals surface area (Å²) >= 11 is 0. The van der Waals surface area contributed by atoms with Crippen molar-refractivity contribution < 1.29 is 0 Å². The second-order valence-corrected chi connectivity index (χ2v) is 4.91. The van der Waals surface area contributed by atoms with Crippen molar-refractivity contribution in [3.05, 3.63) is 90.0 Å². The highest BCUT2D eigenvalue weighted by molar-refractivity contribution is 6.14. The lowest BCUT2D eigenvalue weighted by Crippen LogP contribution is -2.03. The summed E-state index contributed by atoms with van der Waals surface area (Å²) in [6, 6.07) is 25.6. The van der Waals surface area contributed by atoms with Crippen LogP contribution in [-0.4, -0.2) is 5.71 Å². The van der Waals surface area contributed by atoms with Gasteiger partial charge in [-0.3, -0.25) is 5.41 Å². The normalized spacial score (nSPS) is 10.3. The monoisotopic (exact) mass is 272 g/mol. The van der Waals surface area contributed by atoms with Crippen LogP contribution in [-0.2, 0) is 0 Å². The third kappa shape index (κ3) is 2.70. The Kier molecular flexibility index (Phi) is 3.52. The molecule has 0 amide bonds. The van der Waals surface area contributed by atoms with Gasteiger partial charge in [-0.05, 0) is 23.3 Å². The van der Waals surface area contributed by atoms with E-state index >= 15 is 0 Å². The molecule has 0 saturated carbocycles. The van der Waals surface area contributed by atoms with Crippen molar-refractivity contribution in [1.29, 1.82) is 5.41 Å². The van der Waals surface area contributed by atoms with Crippen LogP contribution in [0.15, 0.2) is 78.9 Å². The van der Waals surface area contributed by atoms with Crippen molar-refractivity contribution in [2.24, 2.45) is 0 Å². The van der Waals surface area contributed by atoms with Gasteiger partial charge in [0.1, 0.15) is 0 Å². The molecule has 0 aliphatic rings. The van der Waals surface area contributed by atoms with Crippen molar-refractivity contribution in [3.63, 3.8) is 0 Å². The molecule has 3 N–H and O–H groups in total. The van der Waals surface area contributed by atoms with Crippen molar-refractivity contribution in [2.45, 2.75) is 0 Å². The van der Waals surface area contributed by atoms with Crippen LogP contribution in [0.1, 0.15) is 11.1 Å². The molecular formula is C19H16N2. The standard InChI is InChI=1S/C19H16N2/c20-16-12-10-15(11-13-16)19(21)18-9-5-4-8-17(18)14-6-2-1-3-7-14/h1-13,21H,20H2. The van der Waals surface area contributed by atoms with Crippen LogP contribution in [0.25, 0.3) is 11.1 Å². The number of benzene rings is 3. The smallest absolute Gasteiger partial charge is 0.0690 e. The Morgan fingerprint density at radius 2 is 1.33 bits per heavy atom. The molecule has 0 atom stereocenters. The Morgan fingerprint density at radius 1 is 0.714 bits per heavy atom. The average molecular weight is 272 g/mol. The van der Waals surface area contributed by atoms with E-state index in [1.807, 2.05) is 60.7 Å². The largest absolute Gasteiger partial charge is 0.399 e. The van der Waals surface area contributed by atoms with Gasteiger partial charge in [-0.15, -0.1) is 0 Å². The highest BCUT2D eigenvalue weighted by Crippen LogP contribution is 2.25. The summed E-state index contributed by atoms with van der Waals surface area (Å²) in [4.78, 5) is 0. The first-order chi connectivity index (χ1) is 10.3. The lowest BCUT2D eigenvalue weighted by molar-refractivity contribution is 1.45. The molecule has 102 valence electrons. The van der Waals surface area contributed by atoms with Crippen molar-refractivity contribution in [2.75, 3.05) is 5.73 Å². The number of hydrogen-bond acceptors (Lipinski definition) is 2. The fourth-order valence-corrected chi connectivity index (χ4v) is 2.38. The predicted molar refractivity (Wildman–Crippen MR) is 88.7 cm³/mol. The SMILES string of the molecule is N=C(c1ccc(N)cc1)c1ccccc1-c1ccccc1. The van der Waals surface area contributed by atoms with Crippen LogP contribution in [0.4, 0.5) is 5.69 Å². The topological polar surface area (TPSA) is 49.9 Å². The lowest BCUT2D eigenvalue weighted by Gasteiger charge is -2.11. The molecular weight excluding hydrogens is 256 g/mol. The van der Waals surface area contributed by atoms with Crippen LogP contribution in [0, 0.1) is 5.41 Å². The zero-order valence-corrected chi connectivity index (χ0v) is 11.6. The molecule has 2 heteroatoms. The van der Waals surface area contributed by atoms with Crippen molar-refractivity contribution >= 4 is 11.4 Å². The van der Waals surface area contributed by atoms with Gasteiger partial charge in [-0.25, -0.2) is 0 Å². The minimum atomic E-state index is 0.509. The van der Waals surface area contributed by atoms with Crippen LogP contribution in [0.5, 0.6) is 0 Å². The maximum absolute atomic E-state index is 8.49. The van der Waals surface area contributed by atoms with Gasteiger partial charge in [0.15, 0.2) is 0 Å². The number of nitrogens with two attached hydrogens (primary N) is 1. The van der Waals surface area contributed by atoms with Crippen LogP contribution in [0.2, 0.25) is 0 Å². The second kappa shape index (κ2) is 5.63. The van der Waals surface area contributed by atoms with Gasteiger partial charge in [-0.1, -0.05) is 66.7 Å². The highest BCUT2D eigenvalue weighted by Gasteiger charge is 2.10. The Morgan fingerprint density at radius 3 is 2.05 bits per heavy atom. The molecule has 0 bridgehead atoms. The number of hydrogen-bond donors (Lipinski definition) is 2. The van der Waals surface area contributed by atoms with E-state index in [9.17, 15) is 0 Å². The summed E-state index contributed by atoms with van der Waals surface area (Å²) in [5.41, 5.74) is 10.9. The van der Waals surface area contributed by atoms with E-state index in [1.54, 1.807) is 0 Å². The lowest BCUT2D eigenvalue weighted by atomic mass is 9.93.